The van der Waals surface area contributed by atoms with E-state index in [1.54, 1.807) is 0 Å². The number of anilines is 3. The molecule has 0 aliphatic heterocycles. The second-order valence-electron chi connectivity index (χ2n) is 8.17. The van der Waals surface area contributed by atoms with Gasteiger partial charge in [-0.25, -0.2) is 0 Å². The van der Waals surface area contributed by atoms with Crippen molar-refractivity contribution in [2.45, 2.75) is 0 Å². The van der Waals surface area contributed by atoms with Crippen LogP contribution in [0.4, 0.5) is 17.1 Å². The number of rotatable bonds is 6. The monoisotopic (exact) mass is 579 g/mol. The summed E-state index contributed by atoms with van der Waals surface area (Å²) in [5.41, 5.74) is 8.05. The van der Waals surface area contributed by atoms with E-state index in [0.717, 1.165) is 31.6 Å². The summed E-state index contributed by atoms with van der Waals surface area (Å²) in [5, 5.41) is 0. The lowest BCUT2D eigenvalue weighted by atomic mass is 9.95. The average Bonchev–Trinajstić information content (AvgIpc) is 2.91. The van der Waals surface area contributed by atoms with E-state index in [1.807, 2.05) is 12.1 Å². The van der Waals surface area contributed by atoms with Gasteiger partial charge in [-0.1, -0.05) is 105 Å². The van der Waals surface area contributed by atoms with Gasteiger partial charge in [0.2, 0.25) is 0 Å². The fourth-order valence-corrected chi connectivity index (χ4v) is 4.61. The van der Waals surface area contributed by atoms with Crippen LogP contribution < -0.4 is 4.90 Å². The molecule has 0 atom stereocenters. The Morgan fingerprint density at radius 3 is 1.34 bits per heavy atom. The van der Waals surface area contributed by atoms with E-state index in [0.29, 0.717) is 0 Å². The van der Waals surface area contributed by atoms with Crippen LogP contribution in [-0.4, -0.2) is 0 Å². The van der Waals surface area contributed by atoms with Crippen molar-refractivity contribution >= 4 is 60.6 Å². The van der Waals surface area contributed by atoms with Gasteiger partial charge in [0.05, 0.1) is 0 Å². The lowest BCUT2D eigenvalue weighted by molar-refractivity contribution is 1.28. The Labute approximate surface area is 223 Å². The Morgan fingerprint density at radius 1 is 0.457 bits per heavy atom. The highest BCUT2D eigenvalue weighted by molar-refractivity contribution is 9.10. The largest absolute Gasteiger partial charge is 0.311 e. The molecule has 0 aromatic heterocycles. The molecule has 3 heteroatoms. The SMILES string of the molecule is Brc1ccc(/C=C(\c2ccc(Br)cc2)c2ccc(N(c3ccccc3)c3ccccc3)cc2)cc1. The van der Waals surface area contributed by atoms with Gasteiger partial charge < -0.3 is 4.90 Å². The first kappa shape index (κ1) is 23.3. The van der Waals surface area contributed by atoms with Gasteiger partial charge >= 0.3 is 0 Å². The first-order valence-electron chi connectivity index (χ1n) is 11.4. The van der Waals surface area contributed by atoms with Crippen LogP contribution in [0.5, 0.6) is 0 Å². The van der Waals surface area contributed by atoms with Gasteiger partial charge in [0.15, 0.2) is 0 Å². The summed E-state index contributed by atoms with van der Waals surface area (Å²) in [6.45, 7) is 0. The second kappa shape index (κ2) is 10.9. The molecule has 1 nitrogen and oxygen atoms in total. The molecule has 5 rings (SSSR count). The topological polar surface area (TPSA) is 3.24 Å². The summed E-state index contributed by atoms with van der Waals surface area (Å²) in [6, 6.07) is 46.7. The molecule has 170 valence electrons. The van der Waals surface area contributed by atoms with E-state index in [4.69, 9.17) is 0 Å². The molecule has 0 N–H and O–H groups in total. The van der Waals surface area contributed by atoms with Crippen LogP contribution in [0.3, 0.4) is 0 Å². The minimum atomic E-state index is 1.07. The minimum absolute atomic E-state index is 1.07. The van der Waals surface area contributed by atoms with Crippen LogP contribution in [0, 0.1) is 0 Å². The number of benzene rings is 5. The molecule has 0 spiro atoms. The molecule has 0 unspecified atom stereocenters. The molecule has 0 saturated heterocycles. The Hall–Kier alpha value is -3.40. The van der Waals surface area contributed by atoms with Gasteiger partial charge in [-0.05, 0) is 89.0 Å². The molecular weight excluding hydrogens is 558 g/mol. The van der Waals surface area contributed by atoms with Gasteiger partial charge in [0.25, 0.3) is 0 Å². The third-order valence-corrected chi connectivity index (χ3v) is 6.86. The summed E-state index contributed by atoms with van der Waals surface area (Å²) < 4.78 is 2.15. The molecule has 0 aliphatic rings. The Bertz CT molecular complexity index is 1370. The highest BCUT2D eigenvalue weighted by Crippen LogP contribution is 2.36. The van der Waals surface area contributed by atoms with Crippen molar-refractivity contribution in [2.24, 2.45) is 0 Å². The molecule has 0 saturated carbocycles. The van der Waals surface area contributed by atoms with Gasteiger partial charge in [-0.2, -0.15) is 0 Å². The molecular formula is C32H23Br2N. The zero-order valence-electron chi connectivity index (χ0n) is 19.0. The van der Waals surface area contributed by atoms with Crippen molar-refractivity contribution in [3.8, 4) is 0 Å². The van der Waals surface area contributed by atoms with Gasteiger partial charge in [0.1, 0.15) is 0 Å². The van der Waals surface area contributed by atoms with E-state index >= 15 is 0 Å². The Morgan fingerprint density at radius 2 is 0.857 bits per heavy atom. The van der Waals surface area contributed by atoms with Crippen molar-refractivity contribution in [1.29, 1.82) is 0 Å². The van der Waals surface area contributed by atoms with E-state index in [1.165, 1.54) is 16.7 Å². The van der Waals surface area contributed by atoms with Crippen LogP contribution in [0.2, 0.25) is 0 Å². The van der Waals surface area contributed by atoms with E-state index in [-0.39, 0.29) is 0 Å². The summed E-state index contributed by atoms with van der Waals surface area (Å²) in [6.07, 6.45) is 2.25. The molecule has 5 aromatic rings. The molecule has 0 radical (unpaired) electrons. The molecule has 0 bridgehead atoms. The zero-order valence-corrected chi connectivity index (χ0v) is 22.2. The maximum absolute atomic E-state index is 3.57. The van der Waals surface area contributed by atoms with E-state index < -0.39 is 0 Å². The molecule has 0 amide bonds. The fourth-order valence-electron chi connectivity index (χ4n) is 4.08. The lowest BCUT2D eigenvalue weighted by Crippen LogP contribution is -2.09. The van der Waals surface area contributed by atoms with Crippen molar-refractivity contribution in [3.05, 3.63) is 159 Å². The van der Waals surface area contributed by atoms with Crippen LogP contribution >= 0.6 is 31.9 Å². The third-order valence-electron chi connectivity index (χ3n) is 5.80. The number of nitrogens with zero attached hydrogens (tertiary/aromatic N) is 1. The van der Waals surface area contributed by atoms with Crippen molar-refractivity contribution in [2.75, 3.05) is 4.90 Å². The maximum Gasteiger partial charge on any atom is 0.0462 e. The fraction of sp³-hybridized carbons (Fsp3) is 0. The lowest BCUT2D eigenvalue weighted by Gasteiger charge is -2.25. The maximum atomic E-state index is 3.57. The van der Waals surface area contributed by atoms with Gasteiger partial charge in [-0.15, -0.1) is 0 Å². The highest BCUT2D eigenvalue weighted by Gasteiger charge is 2.13. The molecule has 5 aromatic carbocycles. The first-order valence-corrected chi connectivity index (χ1v) is 13.0. The van der Waals surface area contributed by atoms with Crippen LogP contribution in [0.15, 0.2) is 142 Å². The van der Waals surface area contributed by atoms with Crippen LogP contribution in [0.25, 0.3) is 11.6 Å². The van der Waals surface area contributed by atoms with Crippen molar-refractivity contribution < 1.29 is 0 Å². The number of para-hydroxylation sites is 2. The number of hydrogen-bond acceptors (Lipinski definition) is 1. The molecule has 35 heavy (non-hydrogen) atoms. The number of hydrogen-bond donors (Lipinski definition) is 0. The van der Waals surface area contributed by atoms with E-state index in [2.05, 4.69) is 164 Å². The predicted molar refractivity (Wildman–Crippen MR) is 156 cm³/mol. The first-order chi connectivity index (χ1) is 17.2. The van der Waals surface area contributed by atoms with Crippen molar-refractivity contribution in [1.82, 2.24) is 0 Å². The normalized spacial score (nSPS) is 11.3. The van der Waals surface area contributed by atoms with E-state index in [9.17, 15) is 0 Å². The summed E-state index contributed by atoms with van der Waals surface area (Å²) in [7, 11) is 0. The zero-order chi connectivity index (χ0) is 24.0. The standard InChI is InChI=1S/C32H23Br2N/c33-27-17-11-24(12-18-27)23-32(25-13-19-28(34)20-14-25)26-15-21-31(22-16-26)35(29-7-3-1-4-8-29)30-9-5-2-6-10-30/h1-23H/b32-23+. The van der Waals surface area contributed by atoms with Gasteiger partial charge in [0, 0.05) is 26.0 Å². The number of halogens is 2. The highest BCUT2D eigenvalue weighted by atomic mass is 79.9. The predicted octanol–water partition coefficient (Wildman–Crippen LogP) is 10.3. The summed E-state index contributed by atoms with van der Waals surface area (Å²) >= 11 is 7.10. The van der Waals surface area contributed by atoms with Gasteiger partial charge in [-0.3, -0.25) is 0 Å². The Balaban J connectivity index is 1.57. The summed E-state index contributed by atoms with van der Waals surface area (Å²) in [5.74, 6) is 0. The molecule has 0 aliphatic carbocycles. The van der Waals surface area contributed by atoms with Crippen molar-refractivity contribution in [3.63, 3.8) is 0 Å². The third kappa shape index (κ3) is 5.64. The van der Waals surface area contributed by atoms with Crippen LogP contribution in [-0.2, 0) is 0 Å². The summed E-state index contributed by atoms with van der Waals surface area (Å²) in [4.78, 5) is 2.28. The quantitative estimate of drug-likeness (QED) is 0.181. The Kier molecular flexibility index (Phi) is 7.27. The average molecular weight is 581 g/mol. The smallest absolute Gasteiger partial charge is 0.0462 e. The minimum Gasteiger partial charge on any atom is -0.311 e. The molecule has 0 heterocycles. The van der Waals surface area contributed by atoms with Crippen LogP contribution in [0.1, 0.15) is 16.7 Å². The molecule has 0 fully saturated rings. The second-order valence-corrected chi connectivity index (χ2v) is 10.0.